The van der Waals surface area contributed by atoms with Crippen molar-refractivity contribution in [2.75, 3.05) is 18.0 Å². The third-order valence-electron chi connectivity index (χ3n) is 3.18. The lowest BCUT2D eigenvalue weighted by Gasteiger charge is -2.30. The van der Waals surface area contributed by atoms with Crippen molar-refractivity contribution in [2.24, 2.45) is 5.73 Å². The highest BCUT2D eigenvalue weighted by Crippen LogP contribution is 2.26. The largest absolute Gasteiger partial charge is 0.467 e. The quantitative estimate of drug-likeness (QED) is 0.878. The molecule has 0 radical (unpaired) electrons. The summed E-state index contributed by atoms with van der Waals surface area (Å²) in [5.74, 6) is 0.917. The fourth-order valence-corrected chi connectivity index (χ4v) is 2.20. The summed E-state index contributed by atoms with van der Waals surface area (Å²) in [5.41, 5.74) is 8.34. The fourth-order valence-electron chi connectivity index (χ4n) is 2.20. The molecule has 1 aromatic carbocycles. The molecule has 0 amide bonds. The number of hydrogen-bond donors (Lipinski definition) is 1. The molecular formula is C15H20N2O. The predicted molar refractivity (Wildman–Crippen MR) is 74.7 cm³/mol. The van der Waals surface area contributed by atoms with Gasteiger partial charge in [0.05, 0.1) is 12.3 Å². The van der Waals surface area contributed by atoms with E-state index in [2.05, 4.69) is 43.0 Å². The monoisotopic (exact) mass is 244 g/mol. The van der Waals surface area contributed by atoms with E-state index in [4.69, 9.17) is 10.2 Å². The van der Waals surface area contributed by atoms with Gasteiger partial charge in [0.15, 0.2) is 0 Å². The lowest BCUT2D eigenvalue weighted by Crippen LogP contribution is -2.33. The van der Waals surface area contributed by atoms with Crippen molar-refractivity contribution in [1.29, 1.82) is 0 Å². The average molecular weight is 244 g/mol. The van der Waals surface area contributed by atoms with Gasteiger partial charge < -0.3 is 15.1 Å². The molecular weight excluding hydrogens is 224 g/mol. The summed E-state index contributed by atoms with van der Waals surface area (Å²) in [6.45, 7) is 5.65. The molecule has 0 aliphatic heterocycles. The molecule has 0 spiro atoms. The third kappa shape index (κ3) is 2.57. The molecule has 1 atom stereocenters. The van der Waals surface area contributed by atoms with Gasteiger partial charge in [0, 0.05) is 18.8 Å². The van der Waals surface area contributed by atoms with E-state index in [0.717, 1.165) is 12.3 Å². The molecule has 1 unspecified atom stereocenters. The number of benzene rings is 1. The first-order valence-electron chi connectivity index (χ1n) is 6.33. The molecule has 2 N–H and O–H groups in total. The van der Waals surface area contributed by atoms with Crippen molar-refractivity contribution >= 4 is 5.69 Å². The first-order chi connectivity index (χ1) is 8.76. The number of likely N-dealkylation sites (N-methyl/N-ethyl adjacent to an activating group) is 1. The van der Waals surface area contributed by atoms with Crippen LogP contribution in [0.25, 0.3) is 0 Å². The number of anilines is 1. The van der Waals surface area contributed by atoms with Gasteiger partial charge in [-0.3, -0.25) is 0 Å². The zero-order valence-electron chi connectivity index (χ0n) is 11.0. The van der Waals surface area contributed by atoms with E-state index in [-0.39, 0.29) is 6.04 Å². The van der Waals surface area contributed by atoms with Crippen LogP contribution in [0.3, 0.4) is 0 Å². The van der Waals surface area contributed by atoms with E-state index >= 15 is 0 Å². The van der Waals surface area contributed by atoms with Crippen LogP contribution in [0, 0.1) is 6.92 Å². The van der Waals surface area contributed by atoms with Gasteiger partial charge >= 0.3 is 0 Å². The van der Waals surface area contributed by atoms with Crippen LogP contribution in [0.5, 0.6) is 0 Å². The van der Waals surface area contributed by atoms with E-state index in [1.807, 2.05) is 12.1 Å². The Labute approximate surface area is 108 Å². The molecule has 96 valence electrons. The lowest BCUT2D eigenvalue weighted by atomic mass is 10.1. The second kappa shape index (κ2) is 5.74. The lowest BCUT2D eigenvalue weighted by molar-refractivity contribution is 0.453. The van der Waals surface area contributed by atoms with Crippen LogP contribution in [0.4, 0.5) is 5.69 Å². The van der Waals surface area contributed by atoms with Gasteiger partial charge in [0.1, 0.15) is 5.76 Å². The summed E-state index contributed by atoms with van der Waals surface area (Å²) < 4.78 is 5.49. The Morgan fingerprint density at radius 1 is 1.22 bits per heavy atom. The SMILES string of the molecule is CCN(c1ccc(C)cc1)C(CN)c1ccco1. The Bertz CT molecular complexity index is 462. The van der Waals surface area contributed by atoms with Gasteiger partial charge in [0.2, 0.25) is 0 Å². The van der Waals surface area contributed by atoms with E-state index in [9.17, 15) is 0 Å². The minimum atomic E-state index is 0.0905. The number of hydrogen-bond acceptors (Lipinski definition) is 3. The Kier molecular flexibility index (Phi) is 4.05. The van der Waals surface area contributed by atoms with Crippen LogP contribution < -0.4 is 10.6 Å². The van der Waals surface area contributed by atoms with Crippen LogP contribution in [0.15, 0.2) is 47.1 Å². The molecule has 0 aliphatic carbocycles. The zero-order chi connectivity index (χ0) is 13.0. The Balaban J connectivity index is 2.29. The van der Waals surface area contributed by atoms with E-state index in [0.29, 0.717) is 6.54 Å². The van der Waals surface area contributed by atoms with Crippen molar-refractivity contribution in [3.05, 3.63) is 54.0 Å². The summed E-state index contributed by atoms with van der Waals surface area (Å²) in [6.07, 6.45) is 1.70. The molecule has 2 rings (SSSR count). The molecule has 0 bridgehead atoms. The van der Waals surface area contributed by atoms with E-state index in [1.165, 1.54) is 11.3 Å². The van der Waals surface area contributed by atoms with Gasteiger partial charge in [-0.25, -0.2) is 0 Å². The van der Waals surface area contributed by atoms with Crippen LogP contribution in [0.1, 0.15) is 24.3 Å². The van der Waals surface area contributed by atoms with Crippen LogP contribution in [0.2, 0.25) is 0 Å². The maximum absolute atomic E-state index is 5.91. The van der Waals surface area contributed by atoms with Crippen LogP contribution in [-0.4, -0.2) is 13.1 Å². The summed E-state index contributed by atoms with van der Waals surface area (Å²) in [4.78, 5) is 2.26. The highest BCUT2D eigenvalue weighted by molar-refractivity contribution is 5.49. The van der Waals surface area contributed by atoms with Gasteiger partial charge in [0.25, 0.3) is 0 Å². The number of aryl methyl sites for hydroxylation is 1. The normalized spacial score (nSPS) is 12.4. The number of nitrogens with zero attached hydrogens (tertiary/aromatic N) is 1. The van der Waals surface area contributed by atoms with Gasteiger partial charge in [-0.15, -0.1) is 0 Å². The van der Waals surface area contributed by atoms with Gasteiger partial charge in [-0.05, 0) is 38.1 Å². The average Bonchev–Trinajstić information content (AvgIpc) is 2.91. The third-order valence-corrected chi connectivity index (χ3v) is 3.18. The molecule has 3 heteroatoms. The van der Waals surface area contributed by atoms with Crippen molar-refractivity contribution in [3.8, 4) is 0 Å². The van der Waals surface area contributed by atoms with Gasteiger partial charge in [-0.1, -0.05) is 17.7 Å². The first-order valence-corrected chi connectivity index (χ1v) is 6.33. The van der Waals surface area contributed by atoms with E-state index in [1.54, 1.807) is 6.26 Å². The molecule has 1 aromatic heterocycles. The van der Waals surface area contributed by atoms with Crippen molar-refractivity contribution in [2.45, 2.75) is 19.9 Å². The van der Waals surface area contributed by atoms with E-state index < -0.39 is 0 Å². The minimum absolute atomic E-state index is 0.0905. The van der Waals surface area contributed by atoms with Crippen molar-refractivity contribution in [1.82, 2.24) is 0 Å². The van der Waals surface area contributed by atoms with Crippen molar-refractivity contribution < 1.29 is 4.42 Å². The molecule has 18 heavy (non-hydrogen) atoms. The molecule has 2 aromatic rings. The molecule has 0 aliphatic rings. The minimum Gasteiger partial charge on any atom is -0.467 e. The summed E-state index contributed by atoms with van der Waals surface area (Å²) in [6, 6.07) is 12.5. The fraction of sp³-hybridized carbons (Fsp3) is 0.333. The zero-order valence-corrected chi connectivity index (χ0v) is 11.0. The standard InChI is InChI=1S/C15H20N2O/c1-3-17(13-8-6-12(2)7-9-13)14(11-16)15-5-4-10-18-15/h4-10,14H,3,11,16H2,1-2H3. The topological polar surface area (TPSA) is 42.4 Å². The predicted octanol–water partition coefficient (Wildman–Crippen LogP) is 3.11. The smallest absolute Gasteiger partial charge is 0.127 e. The van der Waals surface area contributed by atoms with Crippen LogP contribution >= 0.6 is 0 Å². The highest BCUT2D eigenvalue weighted by Gasteiger charge is 2.20. The molecule has 3 nitrogen and oxygen atoms in total. The molecule has 0 saturated heterocycles. The molecule has 1 heterocycles. The molecule has 0 saturated carbocycles. The summed E-state index contributed by atoms with van der Waals surface area (Å²) in [7, 11) is 0. The number of rotatable bonds is 5. The Morgan fingerprint density at radius 3 is 2.44 bits per heavy atom. The van der Waals surface area contributed by atoms with Crippen LogP contribution in [-0.2, 0) is 0 Å². The Morgan fingerprint density at radius 2 is 1.94 bits per heavy atom. The summed E-state index contributed by atoms with van der Waals surface area (Å²) in [5, 5.41) is 0. The molecule has 0 fully saturated rings. The number of furan rings is 1. The highest BCUT2D eigenvalue weighted by atomic mass is 16.3. The Hall–Kier alpha value is -1.74. The maximum atomic E-state index is 5.91. The number of nitrogens with two attached hydrogens (primary N) is 1. The van der Waals surface area contributed by atoms with Crippen molar-refractivity contribution in [3.63, 3.8) is 0 Å². The first kappa shape index (κ1) is 12.7. The van der Waals surface area contributed by atoms with Gasteiger partial charge in [-0.2, -0.15) is 0 Å². The second-order valence-corrected chi connectivity index (χ2v) is 4.39. The second-order valence-electron chi connectivity index (χ2n) is 4.39. The summed E-state index contributed by atoms with van der Waals surface area (Å²) >= 11 is 0. The maximum Gasteiger partial charge on any atom is 0.127 e.